The Morgan fingerprint density at radius 3 is 2.88 bits per heavy atom. The van der Waals surface area contributed by atoms with Gasteiger partial charge in [0.1, 0.15) is 11.2 Å². The minimum Gasteiger partial charge on any atom is -0.462 e. The lowest BCUT2D eigenvalue weighted by molar-refractivity contribution is 0.0524. The Bertz CT molecular complexity index is 960. The average Bonchev–Trinajstić information content (AvgIpc) is 2.59. The summed E-state index contributed by atoms with van der Waals surface area (Å²) in [4.78, 5) is 30.4. The Morgan fingerprint density at radius 2 is 2.27 bits per heavy atom. The lowest BCUT2D eigenvalue weighted by Gasteiger charge is -2.37. The number of hydrogen-bond donors (Lipinski definition) is 1. The smallest absolute Gasteiger partial charge is 0.343 e. The molecule has 0 saturated carbocycles. The molecular weight excluding hydrogens is 343 g/mol. The number of β-amino-alcohol motifs (C(OH)–C–C–N with tert-alkyl or cyclic N) is 1. The number of anilines is 1. The van der Waals surface area contributed by atoms with Crippen LogP contribution >= 0.6 is 0 Å². The van der Waals surface area contributed by atoms with Crippen LogP contribution in [0.5, 0.6) is 0 Å². The molecule has 0 atom stereocenters. The summed E-state index contributed by atoms with van der Waals surface area (Å²) in [6, 6.07) is 3.02. The number of aryl methyl sites for hydroxylation is 1. The van der Waals surface area contributed by atoms with E-state index in [0.29, 0.717) is 0 Å². The maximum absolute atomic E-state index is 14.5. The number of ether oxygens (including phenoxy) is 1. The third-order valence-corrected chi connectivity index (χ3v) is 4.11. The molecule has 0 radical (unpaired) electrons. The van der Waals surface area contributed by atoms with Gasteiger partial charge in [-0.1, -0.05) is 0 Å². The van der Waals surface area contributed by atoms with Crippen molar-refractivity contribution in [3.05, 3.63) is 33.9 Å². The predicted octanol–water partition coefficient (Wildman–Crippen LogP) is 0.807. The standard InChI is InChI=1S/C17H17FN4O4/c1-2-26-17(25)12-9-21(5-3-4-19)15-11(14(12)24)6-13(18)16(20-15)22-7-10(23)8-22/h6,9-10,23H,2-3,5,7-8H2,1H3. The Balaban J connectivity index is 2.19. The molecule has 0 bridgehead atoms. The van der Waals surface area contributed by atoms with Crippen molar-refractivity contribution in [2.75, 3.05) is 24.6 Å². The van der Waals surface area contributed by atoms with Gasteiger partial charge < -0.3 is 19.3 Å². The van der Waals surface area contributed by atoms with E-state index in [1.165, 1.54) is 10.8 Å². The van der Waals surface area contributed by atoms with E-state index >= 15 is 0 Å². The highest BCUT2D eigenvalue weighted by Crippen LogP contribution is 2.25. The van der Waals surface area contributed by atoms with E-state index in [9.17, 15) is 19.1 Å². The molecule has 2 aromatic heterocycles. The highest BCUT2D eigenvalue weighted by molar-refractivity contribution is 5.93. The van der Waals surface area contributed by atoms with Crippen LogP contribution in [0, 0.1) is 17.1 Å². The van der Waals surface area contributed by atoms with Crippen LogP contribution in [-0.2, 0) is 11.3 Å². The zero-order chi connectivity index (χ0) is 18.8. The van der Waals surface area contributed by atoms with Gasteiger partial charge in [-0.2, -0.15) is 5.26 Å². The molecule has 9 heteroatoms. The molecule has 1 aliphatic rings. The fourth-order valence-electron chi connectivity index (χ4n) is 2.82. The third kappa shape index (κ3) is 3.11. The second-order valence-electron chi connectivity index (χ2n) is 5.92. The van der Waals surface area contributed by atoms with E-state index < -0.39 is 23.3 Å². The summed E-state index contributed by atoms with van der Waals surface area (Å²) in [5, 5.41) is 18.2. The van der Waals surface area contributed by atoms with E-state index in [2.05, 4.69) is 4.98 Å². The predicted molar refractivity (Wildman–Crippen MR) is 90.4 cm³/mol. The lowest BCUT2D eigenvalue weighted by atomic mass is 10.1. The summed E-state index contributed by atoms with van der Waals surface area (Å²) in [6.45, 7) is 2.39. The van der Waals surface area contributed by atoms with Gasteiger partial charge in [0.05, 0.1) is 30.6 Å². The summed E-state index contributed by atoms with van der Waals surface area (Å²) in [5.41, 5.74) is -0.727. The first-order valence-electron chi connectivity index (χ1n) is 8.17. The molecule has 1 aliphatic heterocycles. The quantitative estimate of drug-likeness (QED) is 0.786. The molecule has 3 heterocycles. The SMILES string of the molecule is CCOC(=O)c1cn(CCC#N)c2nc(N3CC(O)C3)c(F)cc2c1=O. The number of aromatic nitrogens is 2. The van der Waals surface area contributed by atoms with E-state index in [1.54, 1.807) is 11.8 Å². The molecular formula is C17H17FN4O4. The number of rotatable bonds is 5. The number of aliphatic hydroxyl groups is 1. The van der Waals surface area contributed by atoms with Gasteiger partial charge in [0.2, 0.25) is 5.43 Å². The van der Waals surface area contributed by atoms with Crippen LogP contribution in [0.3, 0.4) is 0 Å². The fraction of sp³-hybridized carbons (Fsp3) is 0.412. The van der Waals surface area contributed by atoms with Crippen molar-refractivity contribution >= 4 is 22.8 Å². The van der Waals surface area contributed by atoms with Crippen molar-refractivity contribution < 1.29 is 19.0 Å². The maximum atomic E-state index is 14.5. The Kier molecular flexibility index (Phi) is 4.86. The van der Waals surface area contributed by atoms with Gasteiger partial charge in [-0.25, -0.2) is 14.2 Å². The molecule has 2 aromatic rings. The highest BCUT2D eigenvalue weighted by Gasteiger charge is 2.29. The Hall–Kier alpha value is -2.99. The molecule has 1 saturated heterocycles. The minimum absolute atomic E-state index is 0.0248. The summed E-state index contributed by atoms with van der Waals surface area (Å²) < 4.78 is 20.8. The largest absolute Gasteiger partial charge is 0.462 e. The number of hydrogen-bond acceptors (Lipinski definition) is 7. The number of fused-ring (bicyclic) bond motifs is 1. The number of halogens is 1. The fourth-order valence-corrected chi connectivity index (χ4v) is 2.82. The molecule has 3 rings (SSSR count). The van der Waals surface area contributed by atoms with Gasteiger partial charge in [-0.05, 0) is 13.0 Å². The Labute approximate surface area is 148 Å². The van der Waals surface area contributed by atoms with Gasteiger partial charge in [0, 0.05) is 25.8 Å². The topological polar surface area (TPSA) is 108 Å². The second kappa shape index (κ2) is 7.09. The number of carbonyl (C=O) groups excluding carboxylic acids is 1. The van der Waals surface area contributed by atoms with Crippen molar-refractivity contribution in [2.45, 2.75) is 26.0 Å². The summed E-state index contributed by atoms with van der Waals surface area (Å²) >= 11 is 0. The first-order valence-corrected chi connectivity index (χ1v) is 8.17. The number of nitriles is 1. The molecule has 0 aliphatic carbocycles. The van der Waals surface area contributed by atoms with Crippen LogP contribution in [0.1, 0.15) is 23.7 Å². The molecule has 26 heavy (non-hydrogen) atoms. The van der Waals surface area contributed by atoms with Crippen LogP contribution in [0.25, 0.3) is 11.0 Å². The van der Waals surface area contributed by atoms with E-state index in [1.807, 2.05) is 6.07 Å². The molecule has 0 unspecified atom stereocenters. The van der Waals surface area contributed by atoms with Crippen LogP contribution in [0.15, 0.2) is 17.1 Å². The normalized spacial score (nSPS) is 14.2. The van der Waals surface area contributed by atoms with Gasteiger partial charge in [0.15, 0.2) is 11.6 Å². The number of nitrogens with zero attached hydrogens (tertiary/aromatic N) is 4. The number of carbonyl (C=O) groups is 1. The maximum Gasteiger partial charge on any atom is 0.343 e. The van der Waals surface area contributed by atoms with Crippen LogP contribution < -0.4 is 10.3 Å². The monoisotopic (exact) mass is 360 g/mol. The van der Waals surface area contributed by atoms with Crippen LogP contribution in [0.4, 0.5) is 10.2 Å². The van der Waals surface area contributed by atoms with Crippen molar-refractivity contribution in [1.29, 1.82) is 5.26 Å². The van der Waals surface area contributed by atoms with Crippen molar-refractivity contribution in [3.8, 4) is 6.07 Å². The molecule has 0 spiro atoms. The van der Waals surface area contributed by atoms with Gasteiger partial charge in [-0.3, -0.25) is 4.79 Å². The van der Waals surface area contributed by atoms with Crippen LogP contribution in [0.2, 0.25) is 0 Å². The number of aliphatic hydroxyl groups excluding tert-OH is 1. The minimum atomic E-state index is -0.805. The summed E-state index contributed by atoms with van der Waals surface area (Å²) in [5.74, 6) is -1.49. The Morgan fingerprint density at radius 1 is 1.54 bits per heavy atom. The molecule has 8 nitrogen and oxygen atoms in total. The van der Waals surface area contributed by atoms with Gasteiger partial charge in [-0.15, -0.1) is 0 Å². The zero-order valence-corrected chi connectivity index (χ0v) is 14.1. The molecule has 0 aromatic carbocycles. The molecule has 1 fully saturated rings. The molecule has 1 N–H and O–H groups in total. The van der Waals surface area contributed by atoms with E-state index in [-0.39, 0.29) is 55.1 Å². The van der Waals surface area contributed by atoms with Crippen molar-refractivity contribution in [3.63, 3.8) is 0 Å². The van der Waals surface area contributed by atoms with E-state index in [4.69, 9.17) is 10.00 Å². The van der Waals surface area contributed by atoms with E-state index in [0.717, 1.165) is 6.07 Å². The van der Waals surface area contributed by atoms with Crippen molar-refractivity contribution in [2.24, 2.45) is 0 Å². The average molecular weight is 360 g/mol. The molecule has 136 valence electrons. The first kappa shape index (κ1) is 17.8. The molecule has 0 amide bonds. The van der Waals surface area contributed by atoms with Crippen molar-refractivity contribution in [1.82, 2.24) is 9.55 Å². The second-order valence-corrected chi connectivity index (χ2v) is 5.92. The highest BCUT2D eigenvalue weighted by atomic mass is 19.1. The number of esters is 1. The zero-order valence-electron chi connectivity index (χ0n) is 14.1. The lowest BCUT2D eigenvalue weighted by Crippen LogP contribution is -2.51. The van der Waals surface area contributed by atoms with Crippen LogP contribution in [-0.4, -0.2) is 46.4 Å². The summed E-state index contributed by atoms with van der Waals surface area (Å²) in [7, 11) is 0. The van der Waals surface area contributed by atoms with Gasteiger partial charge in [0.25, 0.3) is 0 Å². The first-order chi connectivity index (χ1) is 12.5. The third-order valence-electron chi connectivity index (χ3n) is 4.11. The number of pyridine rings is 2. The van der Waals surface area contributed by atoms with Gasteiger partial charge >= 0.3 is 5.97 Å². The summed E-state index contributed by atoms with van der Waals surface area (Å²) in [6.07, 6.45) is 0.871.